The maximum atomic E-state index is 12.7. The average Bonchev–Trinajstić information content (AvgIpc) is 2.47. The minimum atomic E-state index is -0.461. The third kappa shape index (κ3) is 4.56. The smallest absolute Gasteiger partial charge is 0.336 e. The van der Waals surface area contributed by atoms with Crippen LogP contribution in [0.25, 0.3) is 6.08 Å². The van der Waals surface area contributed by atoms with Crippen LogP contribution in [0.1, 0.15) is 30.9 Å². The lowest BCUT2D eigenvalue weighted by Crippen LogP contribution is -2.03. The van der Waals surface area contributed by atoms with Crippen LogP contribution in [-0.4, -0.2) is 5.97 Å². The molecule has 0 amide bonds. The largest absolute Gasteiger partial charge is 0.423 e. The predicted molar refractivity (Wildman–Crippen MR) is 81.6 cm³/mol. The number of benzene rings is 2. The molecule has 0 N–H and O–H groups in total. The van der Waals surface area contributed by atoms with Gasteiger partial charge in [-0.2, -0.15) is 0 Å². The first kappa shape index (κ1) is 15.0. The summed E-state index contributed by atoms with van der Waals surface area (Å²) >= 11 is 0. The van der Waals surface area contributed by atoms with Crippen molar-refractivity contribution in [2.45, 2.75) is 19.8 Å². The fraction of sp³-hybridized carbons (Fsp3) is 0.167. The van der Waals surface area contributed by atoms with Gasteiger partial charge in [-0.05, 0) is 47.4 Å². The summed E-state index contributed by atoms with van der Waals surface area (Å²) in [6, 6.07) is 13.3. The number of halogens is 1. The molecular formula is C18H17FO2. The highest BCUT2D eigenvalue weighted by Crippen LogP contribution is 2.18. The van der Waals surface area contributed by atoms with Gasteiger partial charge in [0.1, 0.15) is 11.6 Å². The van der Waals surface area contributed by atoms with Crippen LogP contribution in [0, 0.1) is 5.82 Å². The highest BCUT2D eigenvalue weighted by Gasteiger charge is 2.02. The van der Waals surface area contributed by atoms with Crippen molar-refractivity contribution in [3.63, 3.8) is 0 Å². The summed E-state index contributed by atoms with van der Waals surface area (Å²) in [5, 5.41) is 0. The van der Waals surface area contributed by atoms with E-state index in [0.29, 0.717) is 11.7 Å². The number of hydrogen-bond acceptors (Lipinski definition) is 2. The summed E-state index contributed by atoms with van der Waals surface area (Å²) in [5.74, 6) is 0.179. The van der Waals surface area contributed by atoms with E-state index in [9.17, 15) is 9.18 Å². The van der Waals surface area contributed by atoms with Crippen LogP contribution >= 0.6 is 0 Å². The molecule has 0 heterocycles. The van der Waals surface area contributed by atoms with Gasteiger partial charge in [0.05, 0.1) is 0 Å². The molecule has 0 atom stereocenters. The lowest BCUT2D eigenvalue weighted by Gasteiger charge is -2.06. The van der Waals surface area contributed by atoms with Crippen molar-refractivity contribution in [1.82, 2.24) is 0 Å². The monoisotopic (exact) mass is 284 g/mol. The lowest BCUT2D eigenvalue weighted by molar-refractivity contribution is -0.128. The van der Waals surface area contributed by atoms with Gasteiger partial charge < -0.3 is 4.74 Å². The van der Waals surface area contributed by atoms with Crippen LogP contribution in [0.15, 0.2) is 54.6 Å². The topological polar surface area (TPSA) is 26.3 Å². The molecule has 2 rings (SSSR count). The van der Waals surface area contributed by atoms with Crippen molar-refractivity contribution < 1.29 is 13.9 Å². The van der Waals surface area contributed by atoms with E-state index in [1.54, 1.807) is 30.3 Å². The molecule has 0 saturated carbocycles. The van der Waals surface area contributed by atoms with Crippen molar-refractivity contribution in [2.75, 3.05) is 0 Å². The molecule has 0 aromatic heterocycles. The van der Waals surface area contributed by atoms with E-state index < -0.39 is 5.97 Å². The molecule has 0 radical (unpaired) electrons. The number of rotatable bonds is 4. The van der Waals surface area contributed by atoms with E-state index >= 15 is 0 Å². The Kier molecular flexibility index (Phi) is 4.88. The van der Waals surface area contributed by atoms with Crippen molar-refractivity contribution in [3.05, 3.63) is 71.6 Å². The second-order valence-corrected chi connectivity index (χ2v) is 5.03. The molecule has 0 fully saturated rings. The van der Waals surface area contributed by atoms with Gasteiger partial charge in [0, 0.05) is 6.08 Å². The molecule has 0 aliphatic rings. The molecule has 0 bridgehead atoms. The summed E-state index contributed by atoms with van der Waals surface area (Å²) in [5.41, 5.74) is 1.93. The summed E-state index contributed by atoms with van der Waals surface area (Å²) in [4.78, 5) is 11.7. The summed E-state index contributed by atoms with van der Waals surface area (Å²) in [7, 11) is 0. The molecule has 0 aliphatic carbocycles. The van der Waals surface area contributed by atoms with Crippen LogP contribution in [-0.2, 0) is 4.79 Å². The number of hydrogen-bond donors (Lipinski definition) is 0. The van der Waals surface area contributed by atoms with Gasteiger partial charge in [-0.15, -0.1) is 0 Å². The average molecular weight is 284 g/mol. The minimum absolute atomic E-state index is 0.306. The van der Waals surface area contributed by atoms with E-state index in [1.807, 2.05) is 12.1 Å². The molecule has 2 aromatic carbocycles. The maximum Gasteiger partial charge on any atom is 0.336 e. The predicted octanol–water partition coefficient (Wildman–Crippen LogP) is 4.57. The quantitative estimate of drug-likeness (QED) is 0.467. The Morgan fingerprint density at radius 3 is 2.24 bits per heavy atom. The molecule has 0 unspecified atom stereocenters. The summed E-state index contributed by atoms with van der Waals surface area (Å²) in [6.07, 6.45) is 2.91. The Morgan fingerprint density at radius 1 is 1.05 bits per heavy atom. The van der Waals surface area contributed by atoms with E-state index in [2.05, 4.69) is 13.8 Å². The Hall–Kier alpha value is -2.42. The zero-order valence-corrected chi connectivity index (χ0v) is 12.0. The van der Waals surface area contributed by atoms with Crippen molar-refractivity contribution in [2.24, 2.45) is 0 Å². The zero-order valence-electron chi connectivity index (χ0n) is 12.0. The SMILES string of the molecule is CC(C)c1ccc(OC(=O)C=Cc2ccc(F)cc2)cc1. The Bertz CT molecular complexity index is 625. The van der Waals surface area contributed by atoms with Gasteiger partial charge in [0.25, 0.3) is 0 Å². The molecule has 108 valence electrons. The third-order valence-electron chi connectivity index (χ3n) is 3.05. The zero-order chi connectivity index (χ0) is 15.2. The minimum Gasteiger partial charge on any atom is -0.423 e. The van der Waals surface area contributed by atoms with Crippen molar-refractivity contribution >= 4 is 12.0 Å². The second-order valence-electron chi connectivity index (χ2n) is 5.03. The first-order valence-corrected chi connectivity index (χ1v) is 6.80. The highest BCUT2D eigenvalue weighted by molar-refractivity contribution is 5.88. The standard InChI is InChI=1S/C18H17FO2/c1-13(2)15-6-10-17(11-7-15)21-18(20)12-5-14-3-8-16(19)9-4-14/h3-13H,1-2H3. The van der Waals surface area contributed by atoms with Gasteiger partial charge in [0.15, 0.2) is 0 Å². The first-order chi connectivity index (χ1) is 10.0. The Labute approximate surface area is 123 Å². The molecule has 21 heavy (non-hydrogen) atoms. The van der Waals surface area contributed by atoms with Gasteiger partial charge in [-0.1, -0.05) is 38.1 Å². The molecule has 3 heteroatoms. The van der Waals surface area contributed by atoms with Gasteiger partial charge >= 0.3 is 5.97 Å². The Morgan fingerprint density at radius 2 is 1.67 bits per heavy atom. The second kappa shape index (κ2) is 6.84. The highest BCUT2D eigenvalue weighted by atomic mass is 19.1. The van der Waals surface area contributed by atoms with Gasteiger partial charge in [0.2, 0.25) is 0 Å². The Balaban J connectivity index is 1.96. The van der Waals surface area contributed by atoms with Crippen LogP contribution in [0.5, 0.6) is 5.75 Å². The van der Waals surface area contributed by atoms with Gasteiger partial charge in [-0.3, -0.25) is 0 Å². The van der Waals surface area contributed by atoms with Crippen molar-refractivity contribution in [1.29, 1.82) is 0 Å². The van der Waals surface area contributed by atoms with Gasteiger partial charge in [-0.25, -0.2) is 9.18 Å². The molecule has 2 aromatic rings. The molecular weight excluding hydrogens is 267 g/mol. The molecule has 2 nitrogen and oxygen atoms in total. The lowest BCUT2D eigenvalue weighted by atomic mass is 10.0. The van der Waals surface area contributed by atoms with E-state index in [-0.39, 0.29) is 5.82 Å². The van der Waals surface area contributed by atoms with Crippen LogP contribution in [0.4, 0.5) is 4.39 Å². The summed E-state index contributed by atoms with van der Waals surface area (Å²) in [6.45, 7) is 4.21. The van der Waals surface area contributed by atoms with Crippen LogP contribution < -0.4 is 4.74 Å². The fourth-order valence-corrected chi connectivity index (χ4v) is 1.81. The molecule has 0 spiro atoms. The van der Waals surface area contributed by atoms with Crippen LogP contribution in [0.2, 0.25) is 0 Å². The van der Waals surface area contributed by atoms with E-state index in [4.69, 9.17) is 4.74 Å². The van der Waals surface area contributed by atoms with E-state index in [0.717, 1.165) is 5.56 Å². The number of carbonyl (C=O) groups excluding carboxylic acids is 1. The maximum absolute atomic E-state index is 12.7. The fourth-order valence-electron chi connectivity index (χ4n) is 1.81. The summed E-state index contributed by atoms with van der Waals surface area (Å²) < 4.78 is 17.9. The van der Waals surface area contributed by atoms with Crippen molar-refractivity contribution in [3.8, 4) is 5.75 Å². The number of esters is 1. The first-order valence-electron chi connectivity index (χ1n) is 6.80. The third-order valence-corrected chi connectivity index (χ3v) is 3.05. The van der Waals surface area contributed by atoms with Crippen LogP contribution in [0.3, 0.4) is 0 Å². The number of carbonyl (C=O) groups is 1. The normalized spacial score (nSPS) is 11.0. The molecule has 0 aliphatic heterocycles. The van der Waals surface area contributed by atoms with E-state index in [1.165, 1.54) is 23.8 Å². The number of ether oxygens (including phenoxy) is 1. The molecule has 0 saturated heterocycles.